The van der Waals surface area contributed by atoms with E-state index in [-0.39, 0.29) is 0 Å². The van der Waals surface area contributed by atoms with E-state index in [1.54, 1.807) is 26.4 Å². The van der Waals surface area contributed by atoms with Crippen molar-refractivity contribution in [2.45, 2.75) is 0 Å². The summed E-state index contributed by atoms with van der Waals surface area (Å²) in [4.78, 5) is 4.53. The van der Waals surface area contributed by atoms with Crippen molar-refractivity contribution in [3.05, 3.63) is 36.4 Å². The number of hydrogen-bond donors (Lipinski definition) is 2. The first-order chi connectivity index (χ1) is 10.7. The van der Waals surface area contributed by atoms with Gasteiger partial charge < -0.3 is 25.3 Å². The van der Waals surface area contributed by atoms with E-state index in [1.165, 1.54) is 0 Å². The van der Waals surface area contributed by atoms with Gasteiger partial charge in [-0.15, -0.1) is 0 Å². The summed E-state index contributed by atoms with van der Waals surface area (Å²) in [6.45, 7) is 0.366. The van der Waals surface area contributed by atoms with Gasteiger partial charge in [-0.05, 0) is 30.3 Å². The molecule has 2 aromatic carbocycles. The molecule has 2 aromatic rings. The number of nitrogen functional groups attached to an aromatic ring is 1. The molecule has 0 spiro atoms. The van der Waals surface area contributed by atoms with Gasteiger partial charge in [0.1, 0.15) is 23.9 Å². The lowest BCUT2D eigenvalue weighted by atomic mass is 10.2. The van der Waals surface area contributed by atoms with Crippen LogP contribution in [0.1, 0.15) is 0 Å². The average Bonchev–Trinajstić information content (AvgIpc) is 2.54. The molecule has 0 saturated heterocycles. The van der Waals surface area contributed by atoms with Crippen molar-refractivity contribution in [3.63, 3.8) is 0 Å². The fraction of sp³-hybridized carbons (Fsp3) is 0.188. The number of benzene rings is 2. The number of nitrogens with zero attached hydrogens (tertiary/aromatic N) is 1. The third-order valence-corrected chi connectivity index (χ3v) is 3.27. The summed E-state index contributed by atoms with van der Waals surface area (Å²) in [6, 6.07) is 11.0. The average molecular weight is 299 g/mol. The van der Waals surface area contributed by atoms with Gasteiger partial charge in [-0.2, -0.15) is 0 Å². The summed E-state index contributed by atoms with van der Waals surface area (Å²) in [5.41, 5.74) is 7.98. The van der Waals surface area contributed by atoms with Crippen molar-refractivity contribution >= 4 is 22.9 Å². The molecule has 0 aliphatic carbocycles. The molecule has 3 rings (SSSR count). The van der Waals surface area contributed by atoms with Crippen LogP contribution >= 0.6 is 0 Å². The van der Waals surface area contributed by atoms with Crippen LogP contribution in [0.3, 0.4) is 0 Å². The number of hydrogen-bond acceptors (Lipinski definition) is 6. The van der Waals surface area contributed by atoms with Crippen molar-refractivity contribution < 1.29 is 14.2 Å². The van der Waals surface area contributed by atoms with Gasteiger partial charge in [0.05, 0.1) is 14.2 Å². The molecule has 1 heterocycles. The van der Waals surface area contributed by atoms with Gasteiger partial charge in [0.15, 0.2) is 11.5 Å². The molecule has 114 valence electrons. The number of anilines is 2. The third-order valence-electron chi connectivity index (χ3n) is 3.27. The fourth-order valence-electron chi connectivity index (χ4n) is 2.21. The second-order valence-electron chi connectivity index (χ2n) is 4.77. The Morgan fingerprint density at radius 3 is 2.68 bits per heavy atom. The number of amidine groups is 1. The summed E-state index contributed by atoms with van der Waals surface area (Å²) < 4.78 is 16.2. The highest BCUT2D eigenvalue weighted by molar-refractivity contribution is 6.00. The normalized spacial score (nSPS) is 12.7. The zero-order chi connectivity index (χ0) is 15.5. The summed E-state index contributed by atoms with van der Waals surface area (Å²) in [7, 11) is 3.20. The summed E-state index contributed by atoms with van der Waals surface area (Å²) in [5.74, 6) is 2.75. The van der Waals surface area contributed by atoms with Crippen LogP contribution in [0.4, 0.5) is 17.1 Å². The Kier molecular flexibility index (Phi) is 3.74. The van der Waals surface area contributed by atoms with Gasteiger partial charge >= 0.3 is 0 Å². The van der Waals surface area contributed by atoms with E-state index in [0.29, 0.717) is 35.3 Å². The van der Waals surface area contributed by atoms with Crippen LogP contribution in [0.5, 0.6) is 17.2 Å². The van der Waals surface area contributed by atoms with Crippen LogP contribution in [-0.4, -0.2) is 26.7 Å². The van der Waals surface area contributed by atoms with Crippen LogP contribution in [0.15, 0.2) is 41.4 Å². The third kappa shape index (κ3) is 2.76. The highest BCUT2D eigenvalue weighted by Crippen LogP contribution is 2.33. The smallest absolute Gasteiger partial charge is 0.162 e. The second-order valence-corrected chi connectivity index (χ2v) is 4.77. The van der Waals surface area contributed by atoms with Crippen molar-refractivity contribution in [1.29, 1.82) is 0 Å². The van der Waals surface area contributed by atoms with Crippen LogP contribution in [0, 0.1) is 0 Å². The molecule has 3 N–H and O–H groups in total. The summed E-state index contributed by atoms with van der Waals surface area (Å²) >= 11 is 0. The number of rotatable bonds is 3. The van der Waals surface area contributed by atoms with E-state index in [9.17, 15) is 0 Å². The summed E-state index contributed by atoms with van der Waals surface area (Å²) in [5, 5.41) is 3.22. The Labute approximate surface area is 128 Å². The molecular weight excluding hydrogens is 282 g/mol. The molecule has 0 amide bonds. The van der Waals surface area contributed by atoms with Crippen molar-refractivity contribution in [1.82, 2.24) is 0 Å². The quantitative estimate of drug-likeness (QED) is 0.852. The Bertz CT molecular complexity index is 729. The predicted molar refractivity (Wildman–Crippen MR) is 86.6 cm³/mol. The number of nitrogens with one attached hydrogen (secondary N) is 1. The minimum absolute atomic E-state index is 0.366. The Balaban J connectivity index is 1.85. The predicted octanol–water partition coefficient (Wildman–Crippen LogP) is 2.82. The van der Waals surface area contributed by atoms with Gasteiger partial charge in [0, 0.05) is 17.4 Å². The zero-order valence-corrected chi connectivity index (χ0v) is 12.4. The molecule has 22 heavy (non-hydrogen) atoms. The minimum Gasteiger partial charge on any atom is -0.493 e. The maximum absolute atomic E-state index is 5.77. The minimum atomic E-state index is 0.366. The lowest BCUT2D eigenvalue weighted by Crippen LogP contribution is -2.23. The molecule has 0 atom stereocenters. The molecule has 0 saturated carbocycles. The van der Waals surface area contributed by atoms with Gasteiger partial charge in [-0.1, -0.05) is 0 Å². The molecule has 6 nitrogen and oxygen atoms in total. The highest BCUT2D eigenvalue weighted by atomic mass is 16.5. The molecule has 0 fully saturated rings. The summed E-state index contributed by atoms with van der Waals surface area (Å²) in [6.07, 6.45) is 0. The molecule has 0 aromatic heterocycles. The molecule has 0 unspecified atom stereocenters. The van der Waals surface area contributed by atoms with Gasteiger partial charge in [0.25, 0.3) is 0 Å². The topological polar surface area (TPSA) is 78.1 Å². The molecule has 0 radical (unpaired) electrons. The standard InChI is InChI=1S/C16H17N3O3/c1-20-14-6-4-11(8-15(14)21-2)18-16-9-22-13-5-3-10(17)7-12(13)19-16/h3-8H,9,17H2,1-2H3,(H,18,19). The molecular formula is C16H17N3O3. The monoisotopic (exact) mass is 299 g/mol. The Morgan fingerprint density at radius 2 is 1.91 bits per heavy atom. The van der Waals surface area contributed by atoms with Gasteiger partial charge in [-0.3, -0.25) is 0 Å². The van der Waals surface area contributed by atoms with Gasteiger partial charge in [-0.25, -0.2) is 4.99 Å². The van der Waals surface area contributed by atoms with Gasteiger partial charge in [0.2, 0.25) is 0 Å². The van der Waals surface area contributed by atoms with E-state index in [4.69, 9.17) is 19.9 Å². The molecule has 6 heteroatoms. The van der Waals surface area contributed by atoms with Crippen LogP contribution in [0.2, 0.25) is 0 Å². The van der Waals surface area contributed by atoms with Crippen molar-refractivity contribution in [3.8, 4) is 17.2 Å². The van der Waals surface area contributed by atoms with E-state index in [2.05, 4.69) is 10.3 Å². The molecule has 0 bridgehead atoms. The highest BCUT2D eigenvalue weighted by Gasteiger charge is 2.14. The van der Waals surface area contributed by atoms with Crippen LogP contribution in [-0.2, 0) is 0 Å². The lowest BCUT2D eigenvalue weighted by Gasteiger charge is -2.19. The van der Waals surface area contributed by atoms with Crippen LogP contribution < -0.4 is 25.3 Å². The first kappa shape index (κ1) is 14.1. The zero-order valence-electron chi connectivity index (χ0n) is 12.4. The van der Waals surface area contributed by atoms with Crippen molar-refractivity contribution in [2.24, 2.45) is 4.99 Å². The molecule has 1 aliphatic rings. The number of nitrogens with two attached hydrogens (primary N) is 1. The maximum Gasteiger partial charge on any atom is 0.162 e. The second kappa shape index (κ2) is 5.85. The van der Waals surface area contributed by atoms with E-state index in [1.807, 2.05) is 24.3 Å². The first-order valence-electron chi connectivity index (χ1n) is 6.78. The number of ether oxygens (including phenoxy) is 3. The van der Waals surface area contributed by atoms with E-state index in [0.717, 1.165) is 11.4 Å². The van der Waals surface area contributed by atoms with E-state index >= 15 is 0 Å². The largest absolute Gasteiger partial charge is 0.493 e. The SMILES string of the molecule is COc1ccc(NC2=Nc3cc(N)ccc3OC2)cc1OC. The van der Waals surface area contributed by atoms with Crippen LogP contribution in [0.25, 0.3) is 0 Å². The lowest BCUT2D eigenvalue weighted by molar-refractivity contribution is 0.355. The van der Waals surface area contributed by atoms with Crippen molar-refractivity contribution in [2.75, 3.05) is 31.9 Å². The maximum atomic E-state index is 5.77. The van der Waals surface area contributed by atoms with E-state index < -0.39 is 0 Å². The molecule has 1 aliphatic heterocycles. The Morgan fingerprint density at radius 1 is 1.09 bits per heavy atom. The fourth-order valence-corrected chi connectivity index (χ4v) is 2.21. The first-order valence-corrected chi connectivity index (χ1v) is 6.78. The Hall–Kier alpha value is -2.89. The number of aliphatic imine (C=N–C) groups is 1. The number of fused-ring (bicyclic) bond motifs is 1. The number of methoxy groups -OCH3 is 2.